The largest absolute Gasteiger partial charge is 0.376 e. The fourth-order valence-electron chi connectivity index (χ4n) is 1.66. The van der Waals surface area contributed by atoms with Crippen LogP contribution in [0.4, 0.5) is 4.39 Å². The number of ketones is 1. The van der Waals surface area contributed by atoms with Crippen molar-refractivity contribution < 1.29 is 18.7 Å². The van der Waals surface area contributed by atoms with Crippen molar-refractivity contribution in [1.82, 2.24) is 0 Å². The van der Waals surface area contributed by atoms with Gasteiger partial charge in [-0.05, 0) is 24.6 Å². The summed E-state index contributed by atoms with van der Waals surface area (Å²) in [5, 5.41) is 0.104. The lowest BCUT2D eigenvalue weighted by Gasteiger charge is -2.22. The molecule has 0 bridgehead atoms. The van der Waals surface area contributed by atoms with Gasteiger partial charge in [0.15, 0.2) is 5.78 Å². The highest BCUT2D eigenvalue weighted by atomic mass is 35.5. The number of carbonyl (C=O) groups is 1. The number of Topliss-reactive ketones (excluding diaryl/α,β-unsaturated/α-hetero) is 1. The first-order valence-electron chi connectivity index (χ1n) is 5.29. The van der Waals surface area contributed by atoms with Crippen LogP contribution in [0.1, 0.15) is 15.9 Å². The Morgan fingerprint density at radius 3 is 2.88 bits per heavy atom. The molecule has 1 unspecified atom stereocenters. The van der Waals surface area contributed by atoms with Gasteiger partial charge < -0.3 is 9.47 Å². The maximum Gasteiger partial charge on any atom is 0.195 e. The summed E-state index contributed by atoms with van der Waals surface area (Å²) in [5.74, 6) is -0.690. The Kier molecular flexibility index (Phi) is 3.76. The van der Waals surface area contributed by atoms with Gasteiger partial charge in [-0.3, -0.25) is 4.79 Å². The van der Waals surface area contributed by atoms with E-state index in [9.17, 15) is 9.18 Å². The van der Waals surface area contributed by atoms with Gasteiger partial charge in [0.2, 0.25) is 0 Å². The molecule has 0 aromatic heterocycles. The number of carbonyl (C=O) groups excluding carboxylic acids is 1. The third-order valence-corrected chi connectivity index (χ3v) is 2.93. The van der Waals surface area contributed by atoms with Crippen molar-refractivity contribution in [2.75, 3.05) is 19.8 Å². The number of ether oxygens (including phenoxy) is 2. The summed E-state index contributed by atoms with van der Waals surface area (Å²) in [5.41, 5.74) is 0.663. The Bertz CT molecular complexity index is 442. The summed E-state index contributed by atoms with van der Waals surface area (Å²) >= 11 is 5.86. The second-order valence-electron chi connectivity index (χ2n) is 3.88. The lowest BCUT2D eigenvalue weighted by molar-refractivity contribution is -0.0719. The molecule has 5 heteroatoms. The smallest absolute Gasteiger partial charge is 0.195 e. The summed E-state index contributed by atoms with van der Waals surface area (Å²) < 4.78 is 23.7. The van der Waals surface area contributed by atoms with Gasteiger partial charge in [0.25, 0.3) is 0 Å². The number of aryl methyl sites for hydroxylation is 1. The standard InChI is InChI=1S/C12H12ClFO3/c1-7-4-8(9(13)5-10(7)14)12(15)11-6-16-2-3-17-11/h4-5,11H,2-3,6H2,1H3. The van der Waals surface area contributed by atoms with E-state index in [1.807, 2.05) is 0 Å². The van der Waals surface area contributed by atoms with Gasteiger partial charge in [-0.25, -0.2) is 4.39 Å². The Labute approximate surface area is 103 Å². The van der Waals surface area contributed by atoms with Crippen LogP contribution in [0.15, 0.2) is 12.1 Å². The van der Waals surface area contributed by atoms with Crippen LogP contribution in [0.5, 0.6) is 0 Å². The number of benzene rings is 1. The average Bonchev–Trinajstić information content (AvgIpc) is 2.34. The Hall–Kier alpha value is -0.970. The molecule has 92 valence electrons. The summed E-state index contributed by atoms with van der Waals surface area (Å²) in [6.45, 7) is 2.67. The topological polar surface area (TPSA) is 35.5 Å². The van der Waals surface area contributed by atoms with Crippen LogP contribution in [0.3, 0.4) is 0 Å². The molecule has 1 aromatic carbocycles. The summed E-state index contributed by atoms with van der Waals surface area (Å²) in [6, 6.07) is 2.59. The quantitative estimate of drug-likeness (QED) is 0.764. The second-order valence-corrected chi connectivity index (χ2v) is 4.29. The lowest BCUT2D eigenvalue weighted by Crippen LogP contribution is -2.35. The van der Waals surface area contributed by atoms with Crippen molar-refractivity contribution in [3.05, 3.63) is 34.1 Å². The molecule has 1 atom stereocenters. The molecule has 17 heavy (non-hydrogen) atoms. The van der Waals surface area contributed by atoms with Crippen LogP contribution < -0.4 is 0 Å². The number of hydrogen-bond donors (Lipinski definition) is 0. The summed E-state index contributed by atoms with van der Waals surface area (Å²) in [4.78, 5) is 12.1. The van der Waals surface area contributed by atoms with Crippen LogP contribution in [-0.4, -0.2) is 31.7 Å². The maximum absolute atomic E-state index is 13.2. The van der Waals surface area contributed by atoms with E-state index < -0.39 is 11.9 Å². The van der Waals surface area contributed by atoms with Gasteiger partial charge >= 0.3 is 0 Å². The zero-order valence-corrected chi connectivity index (χ0v) is 10.1. The number of halogens is 2. The van der Waals surface area contributed by atoms with Crippen molar-refractivity contribution in [3.63, 3.8) is 0 Å². The van der Waals surface area contributed by atoms with Crippen LogP contribution >= 0.6 is 11.6 Å². The molecular formula is C12H12ClFO3. The van der Waals surface area contributed by atoms with Crippen LogP contribution in [-0.2, 0) is 9.47 Å². The average molecular weight is 259 g/mol. The Morgan fingerprint density at radius 1 is 1.47 bits per heavy atom. The molecule has 0 radical (unpaired) electrons. The maximum atomic E-state index is 13.2. The molecule has 2 rings (SSSR count). The van der Waals surface area contributed by atoms with Crippen molar-refractivity contribution in [2.45, 2.75) is 13.0 Å². The van der Waals surface area contributed by atoms with Crippen LogP contribution in [0.2, 0.25) is 5.02 Å². The van der Waals surface area contributed by atoms with Crippen molar-refractivity contribution in [3.8, 4) is 0 Å². The lowest BCUT2D eigenvalue weighted by atomic mass is 10.0. The van der Waals surface area contributed by atoms with E-state index in [0.717, 1.165) is 6.07 Å². The van der Waals surface area contributed by atoms with Crippen LogP contribution in [0, 0.1) is 12.7 Å². The molecule has 0 saturated carbocycles. The number of hydrogen-bond acceptors (Lipinski definition) is 3. The van der Waals surface area contributed by atoms with Gasteiger partial charge in [0.05, 0.1) is 24.8 Å². The summed E-state index contributed by atoms with van der Waals surface area (Å²) in [6.07, 6.45) is -0.647. The van der Waals surface area contributed by atoms with Crippen molar-refractivity contribution >= 4 is 17.4 Å². The summed E-state index contributed by atoms with van der Waals surface area (Å²) in [7, 11) is 0. The fourth-order valence-corrected chi connectivity index (χ4v) is 1.90. The molecule has 1 fully saturated rings. The normalized spacial score (nSPS) is 20.3. The fraction of sp³-hybridized carbons (Fsp3) is 0.417. The van der Waals surface area contributed by atoms with Crippen molar-refractivity contribution in [2.24, 2.45) is 0 Å². The molecule has 1 aromatic rings. The highest BCUT2D eigenvalue weighted by Crippen LogP contribution is 2.23. The molecule has 1 aliphatic heterocycles. The minimum absolute atomic E-state index is 0.104. The SMILES string of the molecule is Cc1cc(C(=O)C2COCCO2)c(Cl)cc1F. The highest BCUT2D eigenvalue weighted by Gasteiger charge is 2.26. The first kappa shape index (κ1) is 12.5. The van der Waals surface area contributed by atoms with E-state index >= 15 is 0 Å². The third kappa shape index (κ3) is 2.65. The van der Waals surface area contributed by atoms with Crippen LogP contribution in [0.25, 0.3) is 0 Å². The van der Waals surface area contributed by atoms with E-state index in [1.54, 1.807) is 6.92 Å². The predicted octanol–water partition coefficient (Wildman–Crippen LogP) is 2.39. The molecule has 0 amide bonds. The monoisotopic (exact) mass is 258 g/mol. The zero-order valence-electron chi connectivity index (χ0n) is 9.33. The highest BCUT2D eigenvalue weighted by molar-refractivity contribution is 6.34. The third-order valence-electron chi connectivity index (χ3n) is 2.62. The Morgan fingerprint density at radius 2 is 2.24 bits per heavy atom. The second kappa shape index (κ2) is 5.12. The van der Waals surface area contributed by atoms with Gasteiger partial charge in [-0.15, -0.1) is 0 Å². The molecule has 0 N–H and O–H groups in total. The first-order valence-corrected chi connectivity index (χ1v) is 5.66. The van der Waals surface area contributed by atoms with E-state index in [0.29, 0.717) is 18.8 Å². The molecule has 3 nitrogen and oxygen atoms in total. The predicted molar refractivity (Wildman–Crippen MR) is 61.0 cm³/mol. The number of rotatable bonds is 2. The minimum atomic E-state index is -0.647. The molecule has 0 spiro atoms. The van der Waals surface area contributed by atoms with E-state index in [1.165, 1.54) is 6.07 Å². The van der Waals surface area contributed by atoms with Gasteiger partial charge in [0.1, 0.15) is 11.9 Å². The molecule has 1 saturated heterocycles. The van der Waals surface area contributed by atoms with Gasteiger partial charge in [-0.2, -0.15) is 0 Å². The molecule has 1 heterocycles. The molecule has 0 aliphatic carbocycles. The molecule has 1 aliphatic rings. The first-order chi connectivity index (χ1) is 8.09. The minimum Gasteiger partial charge on any atom is -0.376 e. The van der Waals surface area contributed by atoms with E-state index in [4.69, 9.17) is 21.1 Å². The Balaban J connectivity index is 2.26. The van der Waals surface area contributed by atoms with E-state index in [-0.39, 0.29) is 23.0 Å². The van der Waals surface area contributed by atoms with E-state index in [2.05, 4.69) is 0 Å². The van der Waals surface area contributed by atoms with Gasteiger partial charge in [-0.1, -0.05) is 11.6 Å². The van der Waals surface area contributed by atoms with Gasteiger partial charge in [0, 0.05) is 5.56 Å². The molecular weight excluding hydrogens is 247 g/mol. The van der Waals surface area contributed by atoms with Crippen molar-refractivity contribution in [1.29, 1.82) is 0 Å². The zero-order chi connectivity index (χ0) is 12.4.